The van der Waals surface area contributed by atoms with Crippen LogP contribution in [0.15, 0.2) is 42.6 Å². The molecule has 1 N–H and O–H groups in total. The number of aromatic nitrogens is 2. The van der Waals surface area contributed by atoms with E-state index in [1.165, 1.54) is 12.3 Å². The molecule has 1 amide bonds. The van der Waals surface area contributed by atoms with Crippen LogP contribution in [0.25, 0.3) is 16.9 Å². The van der Waals surface area contributed by atoms with Gasteiger partial charge in [0.25, 0.3) is 0 Å². The Kier molecular flexibility index (Phi) is 5.18. The first-order valence-electron chi connectivity index (χ1n) is 9.50. The molecule has 1 aromatic carbocycles. The number of hydrogen-bond donors (Lipinski definition) is 1. The van der Waals surface area contributed by atoms with E-state index in [0.29, 0.717) is 23.6 Å². The lowest BCUT2D eigenvalue weighted by molar-refractivity contribution is -0.117. The van der Waals surface area contributed by atoms with Crippen LogP contribution in [0.1, 0.15) is 46.6 Å². The third-order valence-electron chi connectivity index (χ3n) is 4.69. The summed E-state index contributed by atoms with van der Waals surface area (Å²) in [5, 5.41) is 12.2. The SMILES string of the molecule is CC(C)(C)CC(=O)Nc1nc2ccc(F)cn2c1-c1ccc(C(C)(C)C#N)cc1. The van der Waals surface area contributed by atoms with E-state index in [2.05, 4.69) is 16.4 Å². The zero-order valence-electron chi connectivity index (χ0n) is 17.4. The Morgan fingerprint density at radius 2 is 1.79 bits per heavy atom. The van der Waals surface area contributed by atoms with Gasteiger partial charge in [-0.15, -0.1) is 0 Å². The van der Waals surface area contributed by atoms with E-state index in [-0.39, 0.29) is 11.3 Å². The van der Waals surface area contributed by atoms with Crippen molar-refractivity contribution in [2.75, 3.05) is 5.32 Å². The number of nitriles is 1. The summed E-state index contributed by atoms with van der Waals surface area (Å²) in [5.41, 5.74) is 2.00. The second-order valence-corrected chi connectivity index (χ2v) is 8.98. The number of rotatable bonds is 4. The minimum absolute atomic E-state index is 0.148. The third kappa shape index (κ3) is 4.45. The molecule has 3 aromatic rings. The molecule has 0 fully saturated rings. The highest BCUT2D eigenvalue weighted by Gasteiger charge is 2.22. The number of amides is 1. The van der Waals surface area contributed by atoms with Crippen molar-refractivity contribution in [2.24, 2.45) is 5.41 Å². The van der Waals surface area contributed by atoms with Gasteiger partial charge in [-0.05, 0) is 37.0 Å². The van der Waals surface area contributed by atoms with Crippen LogP contribution in [0, 0.1) is 22.6 Å². The fourth-order valence-corrected chi connectivity index (χ4v) is 3.15. The Hall–Kier alpha value is -3.20. The lowest BCUT2D eigenvalue weighted by Crippen LogP contribution is -2.20. The number of anilines is 1. The smallest absolute Gasteiger partial charge is 0.226 e. The Morgan fingerprint density at radius 1 is 1.14 bits per heavy atom. The topological polar surface area (TPSA) is 70.2 Å². The Morgan fingerprint density at radius 3 is 2.38 bits per heavy atom. The van der Waals surface area contributed by atoms with Crippen LogP contribution in [-0.4, -0.2) is 15.3 Å². The van der Waals surface area contributed by atoms with E-state index >= 15 is 0 Å². The van der Waals surface area contributed by atoms with Gasteiger partial charge in [-0.2, -0.15) is 5.26 Å². The predicted octanol–water partition coefficient (Wildman–Crippen LogP) is 5.32. The Labute approximate surface area is 170 Å². The summed E-state index contributed by atoms with van der Waals surface area (Å²) in [6.07, 6.45) is 1.69. The molecule has 0 aliphatic rings. The fraction of sp³-hybridized carbons (Fsp3) is 0.348. The van der Waals surface area contributed by atoms with Gasteiger partial charge in [0.05, 0.1) is 17.2 Å². The monoisotopic (exact) mass is 392 g/mol. The summed E-state index contributed by atoms with van der Waals surface area (Å²) >= 11 is 0. The van der Waals surface area contributed by atoms with Crippen molar-refractivity contribution in [3.8, 4) is 17.3 Å². The fourth-order valence-electron chi connectivity index (χ4n) is 3.15. The van der Waals surface area contributed by atoms with Crippen molar-refractivity contribution in [1.29, 1.82) is 5.26 Å². The molecular formula is C23H25FN4O. The average molecular weight is 392 g/mol. The van der Waals surface area contributed by atoms with E-state index in [1.807, 2.05) is 58.9 Å². The van der Waals surface area contributed by atoms with Crippen LogP contribution < -0.4 is 5.32 Å². The molecule has 6 heteroatoms. The number of halogens is 1. The molecule has 3 rings (SSSR count). The molecule has 0 radical (unpaired) electrons. The summed E-state index contributed by atoms with van der Waals surface area (Å²) in [5.74, 6) is -0.159. The van der Waals surface area contributed by atoms with E-state index < -0.39 is 11.2 Å². The van der Waals surface area contributed by atoms with Gasteiger partial charge in [-0.25, -0.2) is 9.37 Å². The summed E-state index contributed by atoms with van der Waals surface area (Å²) in [7, 11) is 0. The summed E-state index contributed by atoms with van der Waals surface area (Å²) in [6, 6.07) is 12.7. The molecule has 2 aromatic heterocycles. The largest absolute Gasteiger partial charge is 0.309 e. The van der Waals surface area contributed by atoms with Crippen LogP contribution >= 0.6 is 0 Å². The maximum absolute atomic E-state index is 13.9. The highest BCUT2D eigenvalue weighted by Crippen LogP contribution is 2.32. The highest BCUT2D eigenvalue weighted by molar-refractivity contribution is 5.94. The molecule has 0 spiro atoms. The number of fused-ring (bicyclic) bond motifs is 1. The molecule has 29 heavy (non-hydrogen) atoms. The molecule has 0 aliphatic carbocycles. The maximum Gasteiger partial charge on any atom is 0.226 e. The van der Waals surface area contributed by atoms with Crippen molar-refractivity contribution in [2.45, 2.75) is 46.5 Å². The number of carbonyl (C=O) groups is 1. The molecule has 0 bridgehead atoms. The Bertz CT molecular complexity index is 1100. The first kappa shape index (κ1) is 20.5. The second kappa shape index (κ2) is 7.32. The maximum atomic E-state index is 13.9. The van der Waals surface area contributed by atoms with Crippen molar-refractivity contribution < 1.29 is 9.18 Å². The zero-order chi connectivity index (χ0) is 21.4. The summed E-state index contributed by atoms with van der Waals surface area (Å²) in [4.78, 5) is 17.0. The van der Waals surface area contributed by atoms with Crippen molar-refractivity contribution in [1.82, 2.24) is 9.38 Å². The predicted molar refractivity (Wildman–Crippen MR) is 112 cm³/mol. The summed E-state index contributed by atoms with van der Waals surface area (Å²) < 4.78 is 15.6. The van der Waals surface area contributed by atoms with E-state index in [1.54, 1.807) is 10.5 Å². The van der Waals surface area contributed by atoms with Gasteiger partial charge in [-0.3, -0.25) is 9.20 Å². The summed E-state index contributed by atoms with van der Waals surface area (Å²) in [6.45, 7) is 9.67. The van der Waals surface area contributed by atoms with Gasteiger partial charge in [0.2, 0.25) is 5.91 Å². The molecule has 2 heterocycles. The molecule has 5 nitrogen and oxygen atoms in total. The van der Waals surface area contributed by atoms with Crippen LogP contribution in [0.2, 0.25) is 0 Å². The first-order chi connectivity index (χ1) is 13.5. The highest BCUT2D eigenvalue weighted by atomic mass is 19.1. The van der Waals surface area contributed by atoms with Gasteiger partial charge >= 0.3 is 0 Å². The van der Waals surface area contributed by atoms with Crippen LogP contribution in [0.3, 0.4) is 0 Å². The standard InChI is InChI=1S/C23H25FN4O/c1-22(2,3)12-19(29)27-21-20(28-13-17(24)10-11-18(28)26-21)15-6-8-16(9-7-15)23(4,5)14-25/h6-11,13H,12H2,1-5H3,(H,27,29). The quantitative estimate of drug-likeness (QED) is 0.653. The first-order valence-corrected chi connectivity index (χ1v) is 9.50. The van der Waals surface area contributed by atoms with Crippen LogP contribution in [-0.2, 0) is 10.2 Å². The number of nitrogens with zero attached hydrogens (tertiary/aromatic N) is 3. The number of imidazole rings is 1. The van der Waals surface area contributed by atoms with E-state index in [4.69, 9.17) is 0 Å². The molecular weight excluding hydrogens is 367 g/mol. The Balaban J connectivity index is 2.09. The normalized spacial score (nSPS) is 12.0. The number of nitrogens with one attached hydrogen (secondary N) is 1. The number of hydrogen-bond acceptors (Lipinski definition) is 3. The lowest BCUT2D eigenvalue weighted by atomic mass is 9.86. The van der Waals surface area contributed by atoms with Crippen molar-refractivity contribution in [3.63, 3.8) is 0 Å². The van der Waals surface area contributed by atoms with E-state index in [0.717, 1.165) is 11.1 Å². The lowest BCUT2D eigenvalue weighted by Gasteiger charge is -2.17. The van der Waals surface area contributed by atoms with Gasteiger partial charge < -0.3 is 5.32 Å². The number of carbonyl (C=O) groups excluding carboxylic acids is 1. The van der Waals surface area contributed by atoms with Gasteiger partial charge in [0, 0.05) is 18.2 Å². The average Bonchev–Trinajstić information content (AvgIpc) is 2.97. The molecule has 0 aliphatic heterocycles. The molecule has 0 unspecified atom stereocenters. The molecule has 0 atom stereocenters. The zero-order valence-corrected chi connectivity index (χ0v) is 17.4. The number of benzene rings is 1. The van der Waals surface area contributed by atoms with Crippen molar-refractivity contribution >= 4 is 17.4 Å². The van der Waals surface area contributed by atoms with Gasteiger partial charge in [-0.1, -0.05) is 45.0 Å². The van der Waals surface area contributed by atoms with Crippen LogP contribution in [0.5, 0.6) is 0 Å². The van der Waals surface area contributed by atoms with Crippen molar-refractivity contribution in [3.05, 3.63) is 54.0 Å². The van der Waals surface area contributed by atoms with Crippen LogP contribution in [0.4, 0.5) is 10.2 Å². The minimum Gasteiger partial charge on any atom is -0.309 e. The second-order valence-electron chi connectivity index (χ2n) is 8.98. The minimum atomic E-state index is -0.617. The molecule has 0 saturated carbocycles. The molecule has 150 valence electrons. The number of pyridine rings is 1. The third-order valence-corrected chi connectivity index (χ3v) is 4.69. The molecule has 0 saturated heterocycles. The van der Waals surface area contributed by atoms with Gasteiger partial charge in [0.1, 0.15) is 11.5 Å². The van der Waals surface area contributed by atoms with Gasteiger partial charge in [0.15, 0.2) is 5.82 Å². The van der Waals surface area contributed by atoms with E-state index in [9.17, 15) is 14.4 Å².